The summed E-state index contributed by atoms with van der Waals surface area (Å²) in [6.45, 7) is 10.5. The van der Waals surface area contributed by atoms with Gasteiger partial charge < -0.3 is 4.52 Å². The van der Waals surface area contributed by atoms with Gasteiger partial charge in [0.1, 0.15) is 0 Å². The smallest absolute Gasteiger partial charge is 0.232 e. The summed E-state index contributed by atoms with van der Waals surface area (Å²) in [6, 6.07) is 18.5. The first kappa shape index (κ1) is 17.2. The van der Waals surface area contributed by atoms with Crippen molar-refractivity contribution in [2.24, 2.45) is 0 Å². The van der Waals surface area contributed by atoms with Crippen LogP contribution in [0.4, 0.5) is 0 Å². The molecule has 0 atom stereocenters. The van der Waals surface area contributed by atoms with Gasteiger partial charge in [0.15, 0.2) is 5.82 Å². The van der Waals surface area contributed by atoms with Crippen LogP contribution in [0.2, 0.25) is 0 Å². The third-order valence-electron chi connectivity index (χ3n) is 3.61. The Morgan fingerprint density at radius 2 is 1.35 bits per heavy atom. The lowest BCUT2D eigenvalue weighted by atomic mass is 9.85. The number of hydrogen-bond acceptors (Lipinski definition) is 3. The van der Waals surface area contributed by atoms with Gasteiger partial charge in [0.25, 0.3) is 0 Å². The van der Waals surface area contributed by atoms with Gasteiger partial charge >= 0.3 is 0 Å². The largest absolute Gasteiger partial charge is 0.339 e. The molecule has 1 heterocycles. The second-order valence-corrected chi connectivity index (χ2v) is 7.49. The van der Waals surface area contributed by atoms with Crippen LogP contribution in [0, 0.1) is 0 Å². The molecule has 0 aliphatic heterocycles. The highest BCUT2D eigenvalue weighted by Gasteiger charge is 2.30. The van der Waals surface area contributed by atoms with Crippen LogP contribution in [0.3, 0.4) is 0 Å². The summed E-state index contributed by atoms with van der Waals surface area (Å²) in [5, 5.41) is 4.15. The monoisotopic (exact) mass is 310 g/mol. The number of aromatic nitrogens is 2. The molecule has 0 saturated heterocycles. The highest BCUT2D eigenvalue weighted by atomic mass is 16.5. The summed E-state index contributed by atoms with van der Waals surface area (Å²) in [6.07, 6.45) is 0.831. The predicted octanol–water partition coefficient (Wildman–Crippen LogP) is 5.01. The maximum Gasteiger partial charge on any atom is 0.232 e. The van der Waals surface area contributed by atoms with Gasteiger partial charge in [-0.2, -0.15) is 4.98 Å². The number of hydrogen-bond donors (Lipinski definition) is 0. The zero-order valence-corrected chi connectivity index (χ0v) is 14.7. The van der Waals surface area contributed by atoms with E-state index in [1.54, 1.807) is 0 Å². The molecule has 0 spiro atoms. The molecule has 0 unspecified atom stereocenters. The Labute approximate surface area is 139 Å². The van der Waals surface area contributed by atoms with Crippen LogP contribution >= 0.6 is 0 Å². The van der Waals surface area contributed by atoms with Crippen LogP contribution in [0.25, 0.3) is 0 Å². The lowest BCUT2D eigenvalue weighted by molar-refractivity contribution is 0.301. The third kappa shape index (κ3) is 4.92. The summed E-state index contributed by atoms with van der Waals surface area (Å²) in [5.41, 5.74) is 0.902. The lowest BCUT2D eigenvalue weighted by Crippen LogP contribution is -2.22. The molecule has 0 N–H and O–H groups in total. The van der Waals surface area contributed by atoms with Gasteiger partial charge in [0.05, 0.1) is 0 Å². The van der Waals surface area contributed by atoms with Gasteiger partial charge in [-0.15, -0.1) is 0 Å². The molecule has 3 heteroatoms. The molecule has 0 fully saturated rings. The Bertz CT molecular complexity index is 670. The van der Waals surface area contributed by atoms with E-state index in [4.69, 9.17) is 4.52 Å². The molecule has 0 aliphatic rings. The summed E-state index contributed by atoms with van der Waals surface area (Å²) < 4.78 is 5.54. The van der Waals surface area contributed by atoms with E-state index in [0.717, 1.165) is 12.2 Å². The minimum absolute atomic E-state index is 0.104. The molecule has 2 aromatic rings. The molecule has 122 valence electrons. The highest BCUT2D eigenvalue weighted by Crippen LogP contribution is 2.28. The van der Waals surface area contributed by atoms with Gasteiger partial charge in [0.2, 0.25) is 5.89 Å². The van der Waals surface area contributed by atoms with E-state index in [1.807, 2.05) is 30.3 Å². The average molecular weight is 310 g/mol. The molecule has 23 heavy (non-hydrogen) atoms. The van der Waals surface area contributed by atoms with Gasteiger partial charge in [-0.3, -0.25) is 0 Å². The van der Waals surface area contributed by atoms with E-state index < -0.39 is 0 Å². The average Bonchev–Trinajstić information content (AvgIpc) is 2.96. The molecule has 0 amide bonds. The number of rotatable bonds is 3. The summed E-state index contributed by atoms with van der Waals surface area (Å²) in [4.78, 5) is 4.62. The van der Waals surface area contributed by atoms with Gasteiger partial charge in [0, 0.05) is 10.8 Å². The molecule has 0 bridgehead atoms. The summed E-state index contributed by atoms with van der Waals surface area (Å²) in [5.74, 6) is 1.44. The van der Waals surface area contributed by atoms with Crippen LogP contribution in [0.1, 0.15) is 51.9 Å². The maximum atomic E-state index is 5.54. The van der Waals surface area contributed by atoms with Crippen molar-refractivity contribution in [2.75, 3.05) is 0 Å². The van der Waals surface area contributed by atoms with Crippen LogP contribution < -0.4 is 0 Å². The van der Waals surface area contributed by atoms with Crippen molar-refractivity contribution in [1.82, 2.24) is 10.1 Å². The fraction of sp³-hybridized carbons (Fsp3) is 0.400. The molecule has 0 radical (unpaired) electrons. The molecular weight excluding hydrogens is 284 g/mol. The predicted molar refractivity (Wildman–Crippen MR) is 93.8 cm³/mol. The molecule has 0 aliphatic carbocycles. The van der Waals surface area contributed by atoms with Crippen molar-refractivity contribution in [2.45, 2.75) is 51.9 Å². The van der Waals surface area contributed by atoms with Crippen molar-refractivity contribution < 1.29 is 4.52 Å². The first-order valence-electron chi connectivity index (χ1n) is 8.01. The van der Waals surface area contributed by atoms with E-state index in [2.05, 4.69) is 69.0 Å². The van der Waals surface area contributed by atoms with Crippen LogP contribution in [-0.2, 0) is 17.3 Å². The molecular formula is C20H26N2O. The van der Waals surface area contributed by atoms with Crippen molar-refractivity contribution in [3.63, 3.8) is 0 Å². The lowest BCUT2D eigenvalue weighted by Gasteiger charge is -2.19. The normalized spacial score (nSPS) is 11.9. The molecule has 0 saturated carbocycles. The Balaban J connectivity index is 2.29. The van der Waals surface area contributed by atoms with E-state index >= 15 is 0 Å². The summed E-state index contributed by atoms with van der Waals surface area (Å²) >= 11 is 0. The second kappa shape index (κ2) is 6.95. The Kier molecular flexibility index (Phi) is 5.19. The zero-order chi connectivity index (χ0) is 16.9. The minimum atomic E-state index is -0.218. The molecule has 3 nitrogen and oxygen atoms in total. The minimum Gasteiger partial charge on any atom is -0.339 e. The Morgan fingerprint density at radius 1 is 0.826 bits per heavy atom. The van der Waals surface area contributed by atoms with Crippen LogP contribution in [0.5, 0.6) is 0 Å². The van der Waals surface area contributed by atoms with Gasteiger partial charge in [-0.1, -0.05) is 94.4 Å². The Morgan fingerprint density at radius 3 is 1.83 bits per heavy atom. The first-order chi connectivity index (χ1) is 10.8. The first-order valence-corrected chi connectivity index (χ1v) is 8.01. The van der Waals surface area contributed by atoms with Crippen molar-refractivity contribution in [3.8, 4) is 0 Å². The van der Waals surface area contributed by atoms with E-state index in [0.29, 0.717) is 5.89 Å². The fourth-order valence-corrected chi connectivity index (χ4v) is 2.24. The third-order valence-corrected chi connectivity index (χ3v) is 3.61. The van der Waals surface area contributed by atoms with E-state index in [9.17, 15) is 0 Å². The highest BCUT2D eigenvalue weighted by molar-refractivity contribution is 5.18. The standard InChI is InChI=1S/C20H26N2O/c1-19(2,3)17-21-18(23-22-17)20(4,5)15-16-13-11-9-7-6-8-10-12-14-16/h6-14H,15H2,1-5H3. The molecule has 1 aromatic heterocycles. The number of nitrogens with zero attached hydrogens (tertiary/aromatic N) is 2. The van der Waals surface area contributed by atoms with Crippen molar-refractivity contribution in [1.29, 1.82) is 0 Å². The van der Waals surface area contributed by atoms with E-state index in [1.165, 1.54) is 5.56 Å². The maximum absolute atomic E-state index is 5.54. The fourth-order valence-electron chi connectivity index (χ4n) is 2.24. The van der Waals surface area contributed by atoms with Gasteiger partial charge in [-0.05, 0) is 12.0 Å². The van der Waals surface area contributed by atoms with Crippen LogP contribution in [0.15, 0.2) is 59.1 Å². The molecule has 2 rings (SSSR count). The Hall–Kier alpha value is -2.16. The SMILES string of the molecule is CC(C)(C)c1noc(C(C)(C)Cc2ccccccccc2)n1. The molecule has 1 aromatic carbocycles. The quantitative estimate of drug-likeness (QED) is 0.799. The van der Waals surface area contributed by atoms with Crippen LogP contribution in [-0.4, -0.2) is 10.1 Å². The topological polar surface area (TPSA) is 38.9 Å². The van der Waals surface area contributed by atoms with Crippen molar-refractivity contribution in [3.05, 3.63) is 71.9 Å². The zero-order valence-electron chi connectivity index (χ0n) is 14.7. The van der Waals surface area contributed by atoms with Crippen molar-refractivity contribution >= 4 is 0 Å². The summed E-state index contributed by atoms with van der Waals surface area (Å²) in [7, 11) is 0. The van der Waals surface area contributed by atoms with Gasteiger partial charge in [-0.25, -0.2) is 0 Å². The van der Waals surface area contributed by atoms with E-state index in [-0.39, 0.29) is 10.8 Å². The second-order valence-electron chi connectivity index (χ2n) is 7.49.